The number of nitrogens with two attached hydrogens (primary N) is 1. The highest BCUT2D eigenvalue weighted by molar-refractivity contribution is 5.95. The lowest BCUT2D eigenvalue weighted by Gasteiger charge is -2.12. The van der Waals surface area contributed by atoms with E-state index in [2.05, 4.69) is 16.8 Å². The van der Waals surface area contributed by atoms with Gasteiger partial charge in [0.1, 0.15) is 5.75 Å². The van der Waals surface area contributed by atoms with E-state index < -0.39 is 6.36 Å². The lowest BCUT2D eigenvalue weighted by molar-refractivity contribution is 0.0250. The Kier molecular flexibility index (Phi) is 22.9. The first-order chi connectivity index (χ1) is 20.9. The van der Waals surface area contributed by atoms with Crippen molar-refractivity contribution in [3.05, 3.63) is 77.6 Å². The minimum Gasteiger partial charge on any atom is -0.461 e. The molecule has 0 saturated carbocycles. The van der Waals surface area contributed by atoms with Crippen molar-refractivity contribution in [2.24, 2.45) is 4.99 Å². The fraction of sp³-hybridized carbons (Fsp3) is 0.486. The molecule has 8 nitrogen and oxygen atoms in total. The number of anilines is 1. The number of nitrogen functional groups attached to an aromatic ring is 1. The maximum absolute atomic E-state index is 12.8. The van der Waals surface area contributed by atoms with Gasteiger partial charge in [-0.1, -0.05) is 25.1 Å². The zero-order valence-corrected chi connectivity index (χ0v) is 28.2. The van der Waals surface area contributed by atoms with Crippen molar-refractivity contribution in [2.45, 2.75) is 61.2 Å². The fourth-order valence-corrected chi connectivity index (χ4v) is 3.66. The van der Waals surface area contributed by atoms with Crippen molar-refractivity contribution in [1.29, 1.82) is 0 Å². The van der Waals surface area contributed by atoms with E-state index in [1.165, 1.54) is 6.92 Å². The van der Waals surface area contributed by atoms with E-state index in [1.807, 2.05) is 65.4 Å². The first kappa shape index (κ1) is 40.5. The molecule has 1 unspecified atom stereocenters. The Hall–Kier alpha value is -3.53. The topological polar surface area (TPSA) is 95.6 Å². The zero-order chi connectivity index (χ0) is 33.3. The largest absolute Gasteiger partial charge is 0.461 e. The SMILES string of the molecule is C/C=C\N(C)CC(C)=N/C=C(\C)c1ccc(OC(C)F)cc1.CC(=O)c1ccc(N)cc1C.CCCOCCOCCOC. The summed E-state index contributed by atoms with van der Waals surface area (Å²) in [5, 5.41) is 0. The van der Waals surface area contributed by atoms with Gasteiger partial charge in [-0.2, -0.15) is 0 Å². The van der Waals surface area contributed by atoms with E-state index >= 15 is 0 Å². The van der Waals surface area contributed by atoms with Crippen LogP contribution in [-0.2, 0) is 14.2 Å². The van der Waals surface area contributed by atoms with Gasteiger partial charge in [-0.15, -0.1) is 0 Å². The van der Waals surface area contributed by atoms with Crippen molar-refractivity contribution >= 4 is 22.8 Å². The number of nitrogens with zero attached hydrogens (tertiary/aromatic N) is 2. The molecule has 2 aromatic carbocycles. The summed E-state index contributed by atoms with van der Waals surface area (Å²) in [5.74, 6) is 0.613. The predicted molar refractivity (Wildman–Crippen MR) is 181 cm³/mol. The Morgan fingerprint density at radius 1 is 1.02 bits per heavy atom. The van der Waals surface area contributed by atoms with Gasteiger partial charge in [-0.25, -0.2) is 4.39 Å². The molecule has 2 rings (SSSR count). The van der Waals surface area contributed by atoms with Crippen LogP contribution in [-0.4, -0.2) is 76.5 Å². The molecule has 0 aliphatic carbocycles. The zero-order valence-electron chi connectivity index (χ0n) is 28.2. The van der Waals surface area contributed by atoms with Gasteiger partial charge < -0.3 is 29.6 Å². The predicted octanol–water partition coefficient (Wildman–Crippen LogP) is 7.52. The van der Waals surface area contributed by atoms with E-state index in [1.54, 1.807) is 44.4 Å². The molecule has 1 atom stereocenters. The van der Waals surface area contributed by atoms with Crippen LogP contribution in [0.4, 0.5) is 10.1 Å². The van der Waals surface area contributed by atoms with E-state index in [0.29, 0.717) is 37.9 Å². The van der Waals surface area contributed by atoms with Crippen molar-refractivity contribution in [2.75, 3.05) is 59.5 Å². The molecule has 0 spiro atoms. The number of Topliss-reactive ketones (excluding diaryl/α,β-unsaturated/α-hetero) is 1. The van der Waals surface area contributed by atoms with Crippen LogP contribution in [0.5, 0.6) is 5.75 Å². The van der Waals surface area contributed by atoms with E-state index in [4.69, 9.17) is 24.7 Å². The Bertz CT molecular complexity index is 1140. The Morgan fingerprint density at radius 2 is 1.64 bits per heavy atom. The number of halogens is 1. The fourth-order valence-electron chi connectivity index (χ4n) is 3.66. The third kappa shape index (κ3) is 20.4. The number of ketones is 1. The standard InChI is InChI=1S/C18H25FN2O.C9H11NO.C8H18O3/c1-6-11-21(5)13-15(3)20-12-14(2)17-7-9-18(10-8-17)22-16(4)19;1-6-5-8(10)3-4-9(6)7(2)11;1-3-4-10-7-8-11-6-5-9-2/h6-12,16H,13H2,1-5H3;3-5H,10H2,1-2H3;3-8H2,1-2H3/b11-6-,14-12+,20-15?;;. The number of hydrogen-bond donors (Lipinski definition) is 1. The number of carbonyl (C=O) groups excluding carboxylic acids is 1. The molecule has 0 aliphatic rings. The quantitative estimate of drug-likeness (QED) is 0.0903. The number of methoxy groups -OCH3 is 1. The first-order valence-corrected chi connectivity index (χ1v) is 14.9. The Balaban J connectivity index is 0.000000704. The van der Waals surface area contributed by atoms with Crippen LogP contribution in [0.3, 0.4) is 0 Å². The summed E-state index contributed by atoms with van der Waals surface area (Å²) in [5.41, 5.74) is 11.0. The average molecular weight is 616 g/mol. The van der Waals surface area contributed by atoms with Crippen LogP contribution < -0.4 is 10.5 Å². The number of benzene rings is 2. The van der Waals surface area contributed by atoms with Crippen LogP contribution >= 0.6 is 0 Å². The average Bonchev–Trinajstić information content (AvgIpc) is 2.96. The Labute approximate surface area is 264 Å². The monoisotopic (exact) mass is 615 g/mol. The molecule has 44 heavy (non-hydrogen) atoms. The lowest BCUT2D eigenvalue weighted by Crippen LogP contribution is -2.18. The number of allylic oxidation sites excluding steroid dienone is 2. The second-order valence-electron chi connectivity index (χ2n) is 10.1. The normalized spacial score (nSPS) is 12.1. The van der Waals surface area contributed by atoms with Gasteiger partial charge in [-0.05, 0) is 94.3 Å². The van der Waals surface area contributed by atoms with Crippen LogP contribution in [0, 0.1) is 6.92 Å². The molecular weight excluding hydrogens is 561 g/mol. The molecule has 246 valence electrons. The van der Waals surface area contributed by atoms with Gasteiger partial charge >= 0.3 is 0 Å². The molecule has 2 aromatic rings. The second-order valence-corrected chi connectivity index (χ2v) is 10.1. The minimum absolute atomic E-state index is 0.0856. The van der Waals surface area contributed by atoms with Gasteiger partial charge in [0, 0.05) is 50.9 Å². The minimum atomic E-state index is -1.30. The molecule has 0 aliphatic heterocycles. The van der Waals surface area contributed by atoms with Crippen LogP contribution in [0.25, 0.3) is 5.57 Å². The van der Waals surface area contributed by atoms with Crippen LogP contribution in [0.1, 0.15) is 69.4 Å². The number of rotatable bonds is 16. The number of aryl methyl sites for hydroxylation is 1. The number of carbonyl (C=O) groups is 1. The summed E-state index contributed by atoms with van der Waals surface area (Å²) in [6.45, 7) is 17.2. The maximum atomic E-state index is 12.8. The van der Waals surface area contributed by atoms with Crippen LogP contribution in [0.2, 0.25) is 0 Å². The third-order valence-corrected chi connectivity index (χ3v) is 5.75. The third-order valence-electron chi connectivity index (χ3n) is 5.75. The summed E-state index contributed by atoms with van der Waals surface area (Å²) >= 11 is 0. The van der Waals surface area contributed by atoms with E-state index in [0.717, 1.165) is 47.5 Å². The molecule has 0 bridgehead atoms. The highest BCUT2D eigenvalue weighted by Crippen LogP contribution is 2.19. The van der Waals surface area contributed by atoms with Crippen molar-refractivity contribution in [3.63, 3.8) is 0 Å². The van der Waals surface area contributed by atoms with E-state index in [-0.39, 0.29) is 5.78 Å². The highest BCUT2D eigenvalue weighted by Gasteiger charge is 2.03. The highest BCUT2D eigenvalue weighted by atomic mass is 19.1. The van der Waals surface area contributed by atoms with Gasteiger partial charge in [0.25, 0.3) is 0 Å². The van der Waals surface area contributed by atoms with Crippen molar-refractivity contribution < 1.29 is 28.1 Å². The second kappa shape index (κ2) is 24.9. The molecule has 0 fully saturated rings. The lowest BCUT2D eigenvalue weighted by atomic mass is 10.1. The van der Waals surface area contributed by atoms with Crippen molar-refractivity contribution in [1.82, 2.24) is 4.90 Å². The van der Waals surface area contributed by atoms with Gasteiger partial charge in [0.15, 0.2) is 5.78 Å². The van der Waals surface area contributed by atoms with E-state index in [9.17, 15) is 9.18 Å². The summed E-state index contributed by atoms with van der Waals surface area (Å²) in [7, 11) is 3.68. The summed E-state index contributed by atoms with van der Waals surface area (Å²) in [6, 6.07) is 12.6. The molecule has 0 aromatic heterocycles. The Morgan fingerprint density at radius 3 is 2.16 bits per heavy atom. The summed E-state index contributed by atoms with van der Waals surface area (Å²) in [4.78, 5) is 17.5. The molecule has 0 radical (unpaired) electrons. The first-order valence-electron chi connectivity index (χ1n) is 14.9. The molecule has 9 heteroatoms. The molecular formula is C35H54FN3O5. The molecule has 0 amide bonds. The summed E-state index contributed by atoms with van der Waals surface area (Å²) in [6.07, 6.45) is 5.63. The summed E-state index contributed by atoms with van der Waals surface area (Å²) < 4.78 is 32.9. The van der Waals surface area contributed by atoms with Gasteiger partial charge in [0.05, 0.1) is 33.0 Å². The number of alkyl halides is 1. The number of hydrogen-bond acceptors (Lipinski definition) is 8. The van der Waals surface area contributed by atoms with Gasteiger partial charge in [-0.3, -0.25) is 9.79 Å². The van der Waals surface area contributed by atoms with Crippen molar-refractivity contribution in [3.8, 4) is 5.75 Å². The maximum Gasteiger partial charge on any atom is 0.235 e. The molecule has 0 heterocycles. The molecule has 2 N–H and O–H groups in total. The number of aliphatic imine (C=N–C) groups is 1. The van der Waals surface area contributed by atoms with Crippen LogP contribution in [0.15, 0.2) is 65.9 Å². The number of ether oxygens (including phenoxy) is 4. The van der Waals surface area contributed by atoms with Gasteiger partial charge in [0.2, 0.25) is 6.36 Å². The molecule has 0 saturated heterocycles. The smallest absolute Gasteiger partial charge is 0.235 e.